The number of nitrogens with zero attached hydrogens (tertiary/aromatic N) is 1. The number of para-hydroxylation sites is 1. The zero-order valence-corrected chi connectivity index (χ0v) is 19.2. The van der Waals surface area contributed by atoms with E-state index >= 15 is 0 Å². The highest BCUT2D eigenvalue weighted by molar-refractivity contribution is 9.10. The molecule has 3 rings (SSSR count). The van der Waals surface area contributed by atoms with Crippen LogP contribution < -0.4 is 10.1 Å². The van der Waals surface area contributed by atoms with Crippen LogP contribution in [-0.2, 0) is 11.2 Å². The van der Waals surface area contributed by atoms with Gasteiger partial charge in [0, 0.05) is 13.1 Å². The molecule has 1 aliphatic carbocycles. The van der Waals surface area contributed by atoms with Crippen molar-refractivity contribution in [2.75, 3.05) is 19.0 Å². The van der Waals surface area contributed by atoms with Crippen LogP contribution in [0.15, 0.2) is 46.9 Å². The Morgan fingerprint density at radius 3 is 2.57 bits per heavy atom. The third-order valence-electron chi connectivity index (χ3n) is 5.64. The smallest absolute Gasteiger partial charge is 0.262 e. The number of ether oxygens (including phenoxy) is 1. The van der Waals surface area contributed by atoms with Gasteiger partial charge in [0.1, 0.15) is 5.75 Å². The van der Waals surface area contributed by atoms with Crippen molar-refractivity contribution in [3.63, 3.8) is 0 Å². The SMILES string of the molecule is CCc1ccc(OCC(=O)Nc2ccccc2C(=O)N(C)C2CCCCC2)c(Br)c1. The van der Waals surface area contributed by atoms with E-state index in [1.54, 1.807) is 12.1 Å². The summed E-state index contributed by atoms with van der Waals surface area (Å²) in [6.07, 6.45) is 6.56. The lowest BCUT2D eigenvalue weighted by Gasteiger charge is -2.31. The van der Waals surface area contributed by atoms with Crippen LogP contribution in [0.2, 0.25) is 0 Å². The summed E-state index contributed by atoms with van der Waals surface area (Å²) in [7, 11) is 1.86. The van der Waals surface area contributed by atoms with Crippen LogP contribution in [0.1, 0.15) is 54.9 Å². The van der Waals surface area contributed by atoms with E-state index in [4.69, 9.17) is 4.74 Å². The van der Waals surface area contributed by atoms with E-state index < -0.39 is 0 Å². The van der Waals surface area contributed by atoms with E-state index in [1.807, 2.05) is 42.3 Å². The van der Waals surface area contributed by atoms with Crippen LogP contribution in [0.25, 0.3) is 0 Å². The molecule has 0 saturated heterocycles. The van der Waals surface area contributed by atoms with Crippen LogP contribution in [0.3, 0.4) is 0 Å². The quantitative estimate of drug-likeness (QED) is 0.583. The molecular formula is C24H29BrN2O3. The average molecular weight is 473 g/mol. The van der Waals surface area contributed by atoms with Gasteiger partial charge in [0.2, 0.25) is 0 Å². The first-order valence-electron chi connectivity index (χ1n) is 10.6. The molecule has 0 spiro atoms. The van der Waals surface area contributed by atoms with Crippen molar-refractivity contribution >= 4 is 33.4 Å². The third-order valence-corrected chi connectivity index (χ3v) is 6.26. The average Bonchev–Trinajstić information content (AvgIpc) is 2.78. The van der Waals surface area contributed by atoms with Gasteiger partial charge in [-0.3, -0.25) is 9.59 Å². The van der Waals surface area contributed by atoms with Gasteiger partial charge in [-0.15, -0.1) is 0 Å². The van der Waals surface area contributed by atoms with Crippen molar-refractivity contribution in [2.45, 2.75) is 51.5 Å². The summed E-state index contributed by atoms with van der Waals surface area (Å²) in [5.74, 6) is 0.252. The minimum atomic E-state index is -0.304. The molecule has 0 atom stereocenters. The summed E-state index contributed by atoms with van der Waals surface area (Å²) in [5, 5.41) is 2.83. The number of carbonyl (C=O) groups is 2. The summed E-state index contributed by atoms with van der Waals surface area (Å²) >= 11 is 3.48. The number of hydrogen-bond donors (Lipinski definition) is 1. The van der Waals surface area contributed by atoms with Gasteiger partial charge in [-0.25, -0.2) is 0 Å². The summed E-state index contributed by atoms with van der Waals surface area (Å²) in [6, 6.07) is 13.2. The molecule has 160 valence electrons. The van der Waals surface area contributed by atoms with Crippen LogP contribution in [-0.4, -0.2) is 36.4 Å². The molecule has 1 fully saturated rings. The van der Waals surface area contributed by atoms with Gasteiger partial charge in [-0.05, 0) is 65.0 Å². The molecule has 2 aromatic rings. The number of halogens is 1. The first-order valence-corrected chi connectivity index (χ1v) is 11.4. The molecule has 30 heavy (non-hydrogen) atoms. The summed E-state index contributed by atoms with van der Waals surface area (Å²) < 4.78 is 6.48. The Bertz CT molecular complexity index is 894. The highest BCUT2D eigenvalue weighted by Gasteiger charge is 2.24. The van der Waals surface area contributed by atoms with Crippen LogP contribution in [0.4, 0.5) is 5.69 Å². The molecule has 2 amide bonds. The predicted octanol–water partition coefficient (Wildman–Crippen LogP) is 5.43. The Morgan fingerprint density at radius 1 is 1.13 bits per heavy atom. The summed E-state index contributed by atoms with van der Waals surface area (Å²) in [4.78, 5) is 27.4. The molecular weight excluding hydrogens is 444 g/mol. The molecule has 2 aromatic carbocycles. The molecule has 0 aliphatic heterocycles. The van der Waals surface area contributed by atoms with Gasteiger partial charge in [0.15, 0.2) is 6.61 Å². The fourth-order valence-corrected chi connectivity index (χ4v) is 4.35. The van der Waals surface area contributed by atoms with E-state index in [-0.39, 0.29) is 24.5 Å². The molecule has 0 unspecified atom stereocenters. The Labute approximate surface area is 186 Å². The second-order valence-corrected chi connectivity index (χ2v) is 8.56. The number of carbonyl (C=O) groups excluding carboxylic acids is 2. The lowest BCUT2D eigenvalue weighted by molar-refractivity contribution is -0.118. The molecule has 0 heterocycles. The third kappa shape index (κ3) is 5.63. The number of anilines is 1. The maximum atomic E-state index is 13.1. The van der Waals surface area contributed by atoms with Gasteiger partial charge in [-0.2, -0.15) is 0 Å². The fourth-order valence-electron chi connectivity index (χ4n) is 3.81. The highest BCUT2D eigenvalue weighted by atomic mass is 79.9. The molecule has 1 N–H and O–H groups in total. The van der Waals surface area contributed by atoms with Crippen molar-refractivity contribution in [2.24, 2.45) is 0 Å². The van der Waals surface area contributed by atoms with E-state index in [1.165, 1.54) is 12.0 Å². The lowest BCUT2D eigenvalue weighted by atomic mass is 9.94. The minimum Gasteiger partial charge on any atom is -0.483 e. The van der Waals surface area contributed by atoms with Gasteiger partial charge < -0.3 is 15.0 Å². The van der Waals surface area contributed by atoms with Crippen molar-refractivity contribution in [3.05, 3.63) is 58.1 Å². The second-order valence-electron chi connectivity index (χ2n) is 7.71. The second kappa shape index (κ2) is 10.6. The van der Waals surface area contributed by atoms with Crippen LogP contribution >= 0.6 is 15.9 Å². The van der Waals surface area contributed by atoms with E-state index in [0.29, 0.717) is 17.0 Å². The zero-order valence-electron chi connectivity index (χ0n) is 17.6. The van der Waals surface area contributed by atoms with Gasteiger partial charge in [0.05, 0.1) is 15.7 Å². The Morgan fingerprint density at radius 2 is 1.87 bits per heavy atom. The van der Waals surface area contributed by atoms with Crippen molar-refractivity contribution in [1.29, 1.82) is 0 Å². The van der Waals surface area contributed by atoms with E-state index in [2.05, 4.69) is 28.2 Å². The van der Waals surface area contributed by atoms with Crippen LogP contribution in [0, 0.1) is 0 Å². The molecule has 1 saturated carbocycles. The molecule has 0 aromatic heterocycles. The molecule has 6 heteroatoms. The van der Waals surface area contributed by atoms with Crippen molar-refractivity contribution in [3.8, 4) is 5.75 Å². The zero-order chi connectivity index (χ0) is 21.5. The highest BCUT2D eigenvalue weighted by Crippen LogP contribution is 2.27. The molecule has 5 nitrogen and oxygen atoms in total. The monoisotopic (exact) mass is 472 g/mol. The maximum Gasteiger partial charge on any atom is 0.262 e. The normalized spacial score (nSPS) is 14.2. The van der Waals surface area contributed by atoms with E-state index in [9.17, 15) is 9.59 Å². The van der Waals surface area contributed by atoms with Gasteiger partial charge in [0.25, 0.3) is 11.8 Å². The number of benzene rings is 2. The number of hydrogen-bond acceptors (Lipinski definition) is 3. The Hall–Kier alpha value is -2.34. The Balaban J connectivity index is 1.64. The van der Waals surface area contributed by atoms with Crippen LogP contribution in [0.5, 0.6) is 5.75 Å². The first-order chi connectivity index (χ1) is 14.5. The lowest BCUT2D eigenvalue weighted by Crippen LogP contribution is -2.38. The van der Waals surface area contributed by atoms with Crippen molar-refractivity contribution in [1.82, 2.24) is 4.90 Å². The topological polar surface area (TPSA) is 58.6 Å². The largest absolute Gasteiger partial charge is 0.483 e. The molecule has 1 aliphatic rings. The van der Waals surface area contributed by atoms with Crippen molar-refractivity contribution < 1.29 is 14.3 Å². The minimum absolute atomic E-state index is 0.0587. The molecule has 0 radical (unpaired) electrons. The van der Waals surface area contributed by atoms with Gasteiger partial charge in [-0.1, -0.05) is 44.4 Å². The first kappa shape index (κ1) is 22.3. The molecule has 0 bridgehead atoms. The number of rotatable bonds is 7. The standard InChI is InChI=1S/C24H29BrN2O3/c1-3-17-13-14-22(20(25)15-17)30-16-23(28)26-21-12-8-7-11-19(21)24(29)27(2)18-9-5-4-6-10-18/h7-8,11-15,18H,3-6,9-10,16H2,1-2H3,(H,26,28). The number of aryl methyl sites for hydroxylation is 1. The number of amides is 2. The predicted molar refractivity (Wildman–Crippen MR) is 123 cm³/mol. The summed E-state index contributed by atoms with van der Waals surface area (Å²) in [6.45, 7) is 1.95. The summed E-state index contributed by atoms with van der Waals surface area (Å²) in [5.41, 5.74) is 2.21. The maximum absolute atomic E-state index is 13.1. The van der Waals surface area contributed by atoms with E-state index in [0.717, 1.165) is 36.6 Å². The number of nitrogens with one attached hydrogen (secondary N) is 1. The fraction of sp³-hybridized carbons (Fsp3) is 0.417. The van der Waals surface area contributed by atoms with Gasteiger partial charge >= 0.3 is 0 Å². The Kier molecular flexibility index (Phi) is 7.91.